The van der Waals surface area contributed by atoms with Crippen molar-refractivity contribution in [3.8, 4) is 0 Å². The first-order valence-corrected chi connectivity index (χ1v) is 13.9. The molecule has 15 heteroatoms. The molecule has 41 heavy (non-hydrogen) atoms. The molecule has 2 unspecified atom stereocenters. The van der Waals surface area contributed by atoms with E-state index in [9.17, 15) is 32.7 Å². The molecule has 3 aliphatic heterocycles. The highest BCUT2D eigenvalue weighted by Gasteiger charge is 2.42. The van der Waals surface area contributed by atoms with Crippen molar-refractivity contribution in [3.05, 3.63) is 68.1 Å². The van der Waals surface area contributed by atoms with Crippen molar-refractivity contribution in [2.75, 3.05) is 6.61 Å². The van der Waals surface area contributed by atoms with Gasteiger partial charge in [-0.05, 0) is 41.6 Å². The summed E-state index contributed by atoms with van der Waals surface area (Å²) in [6, 6.07) is 0.545. The van der Waals surface area contributed by atoms with Crippen LogP contribution in [0.2, 0.25) is 0 Å². The molecule has 1 aromatic carbocycles. The molecule has 0 saturated carbocycles. The Hall–Kier alpha value is -3.47. The van der Waals surface area contributed by atoms with Crippen LogP contribution in [0.5, 0.6) is 0 Å². The number of benzene rings is 1. The van der Waals surface area contributed by atoms with E-state index in [-0.39, 0.29) is 55.9 Å². The number of aromatic nitrogens is 4. The van der Waals surface area contributed by atoms with Crippen molar-refractivity contribution in [2.24, 2.45) is 5.73 Å². The van der Waals surface area contributed by atoms with Gasteiger partial charge >= 0.3 is 11.9 Å². The number of aliphatic carboxylic acids is 1. The number of imidazole rings is 2. The largest absolute Gasteiger partial charge is 0.479 e. The quantitative estimate of drug-likeness (QED) is 0.298. The van der Waals surface area contributed by atoms with E-state index in [2.05, 4.69) is 9.97 Å². The Morgan fingerprint density at radius 3 is 2.29 bits per heavy atom. The van der Waals surface area contributed by atoms with Gasteiger partial charge in [0.15, 0.2) is 6.04 Å². The molecule has 0 fully saturated rings. The fourth-order valence-corrected chi connectivity index (χ4v) is 5.96. The van der Waals surface area contributed by atoms with E-state index in [4.69, 9.17) is 10.5 Å². The first-order valence-electron chi connectivity index (χ1n) is 12.8. The highest BCUT2D eigenvalue weighted by atomic mass is 127. The topological polar surface area (TPSA) is 146 Å². The SMILES string of the molecule is CCOC(=O)C(N)c1ncn2c1C[C@@H](F)C2.O=C(O)C(c1ncn2c1C[C@@H](F)C2)N1Cc2c(F)cc(I)cc2C1=O. The summed E-state index contributed by atoms with van der Waals surface area (Å²) in [5, 5.41) is 9.69. The summed E-state index contributed by atoms with van der Waals surface area (Å²) in [5.74, 6) is -2.90. The maximum Gasteiger partial charge on any atom is 0.332 e. The molecular formula is C26H26F3IN6O5. The average Bonchev–Trinajstić information content (AvgIpc) is 3.70. The summed E-state index contributed by atoms with van der Waals surface area (Å²) >= 11 is 1.90. The summed E-state index contributed by atoms with van der Waals surface area (Å²) < 4.78 is 49.6. The van der Waals surface area contributed by atoms with Crippen molar-refractivity contribution in [2.45, 2.75) is 63.8 Å². The van der Waals surface area contributed by atoms with Gasteiger partial charge in [-0.3, -0.25) is 4.79 Å². The third-order valence-electron chi connectivity index (χ3n) is 7.20. The Morgan fingerprint density at radius 2 is 1.71 bits per heavy atom. The van der Waals surface area contributed by atoms with Crippen molar-refractivity contribution < 1.29 is 37.4 Å². The molecule has 0 bridgehead atoms. The van der Waals surface area contributed by atoms with Gasteiger partial charge in [-0.25, -0.2) is 32.7 Å². The van der Waals surface area contributed by atoms with Gasteiger partial charge in [0.2, 0.25) is 0 Å². The molecule has 3 N–H and O–H groups in total. The maximum absolute atomic E-state index is 14.2. The van der Waals surface area contributed by atoms with E-state index in [1.807, 2.05) is 22.6 Å². The van der Waals surface area contributed by atoms with E-state index < -0.39 is 48.1 Å². The standard InChI is InChI=1S/C16H12F2IN3O3.C10H14FN3O2/c17-7-1-12-13(20-6-21(12)4-7)14(16(24)25)22-5-10-9(15(22)23)2-8(19)3-11(10)18;1-2-16-10(15)8(12)9-7-3-6(11)4-14(7)5-13-9/h2-3,6-7,14H,1,4-5H2,(H,24,25);5-6,8H,2-4,12H2,1H3/t7-,14?;6-,8?/m11/s1. The van der Waals surface area contributed by atoms with E-state index in [0.29, 0.717) is 20.7 Å². The molecule has 0 radical (unpaired) electrons. The van der Waals surface area contributed by atoms with Crippen molar-refractivity contribution in [3.63, 3.8) is 0 Å². The second-order valence-corrected chi connectivity index (χ2v) is 11.1. The molecule has 5 heterocycles. The molecule has 0 spiro atoms. The van der Waals surface area contributed by atoms with Gasteiger partial charge in [-0.1, -0.05) is 0 Å². The first-order chi connectivity index (χ1) is 19.5. The zero-order valence-corrected chi connectivity index (χ0v) is 23.9. The number of amides is 1. The highest BCUT2D eigenvalue weighted by molar-refractivity contribution is 14.1. The Labute approximate surface area is 245 Å². The third kappa shape index (κ3) is 5.43. The normalized spacial score (nSPS) is 20.1. The molecule has 2 aromatic heterocycles. The van der Waals surface area contributed by atoms with Gasteiger partial charge in [-0.15, -0.1) is 0 Å². The molecule has 0 aliphatic carbocycles. The van der Waals surface area contributed by atoms with E-state index in [1.54, 1.807) is 16.1 Å². The summed E-state index contributed by atoms with van der Waals surface area (Å²) in [7, 11) is 0. The second-order valence-electron chi connectivity index (χ2n) is 9.88. The Kier molecular flexibility index (Phi) is 8.09. The predicted octanol–water partition coefficient (Wildman–Crippen LogP) is 2.64. The lowest BCUT2D eigenvalue weighted by Crippen LogP contribution is -2.35. The summed E-state index contributed by atoms with van der Waals surface area (Å²) in [6.07, 6.45) is 1.21. The number of ether oxygens (including phenoxy) is 1. The number of esters is 1. The Balaban J connectivity index is 0.000000182. The zero-order valence-electron chi connectivity index (χ0n) is 21.8. The summed E-state index contributed by atoms with van der Waals surface area (Å²) in [4.78, 5) is 45.2. The molecular weight excluding hydrogens is 660 g/mol. The number of alkyl halides is 2. The average molecular weight is 686 g/mol. The lowest BCUT2D eigenvalue weighted by molar-refractivity contribution is -0.145. The minimum atomic E-state index is -1.38. The first kappa shape index (κ1) is 29.0. The molecule has 1 amide bonds. The van der Waals surface area contributed by atoms with Gasteiger partial charge in [0.1, 0.15) is 24.2 Å². The van der Waals surface area contributed by atoms with Gasteiger partial charge < -0.3 is 29.6 Å². The van der Waals surface area contributed by atoms with Crippen LogP contribution in [0.15, 0.2) is 24.8 Å². The van der Waals surface area contributed by atoms with E-state index >= 15 is 0 Å². The van der Waals surface area contributed by atoms with Crippen LogP contribution in [0.4, 0.5) is 13.2 Å². The number of nitrogens with two attached hydrogens (primary N) is 1. The van der Waals surface area contributed by atoms with Crippen molar-refractivity contribution in [1.82, 2.24) is 24.0 Å². The molecule has 3 aliphatic rings. The lowest BCUT2D eigenvalue weighted by atomic mass is 10.1. The molecule has 0 saturated heterocycles. The summed E-state index contributed by atoms with van der Waals surface area (Å²) in [5.41, 5.74) is 7.80. The number of halogens is 4. The van der Waals surface area contributed by atoms with E-state index in [1.165, 1.54) is 24.8 Å². The van der Waals surface area contributed by atoms with Crippen LogP contribution in [0, 0.1) is 9.39 Å². The monoisotopic (exact) mass is 686 g/mol. The Bertz CT molecular complexity index is 1530. The molecule has 4 atom stereocenters. The van der Waals surface area contributed by atoms with Gasteiger partial charge in [0, 0.05) is 38.9 Å². The third-order valence-corrected chi connectivity index (χ3v) is 7.82. The lowest BCUT2D eigenvalue weighted by Gasteiger charge is -2.23. The number of carbonyl (C=O) groups excluding carboxylic acids is 2. The minimum Gasteiger partial charge on any atom is -0.479 e. The zero-order chi connectivity index (χ0) is 29.6. The van der Waals surface area contributed by atoms with Crippen LogP contribution in [-0.2, 0) is 46.8 Å². The van der Waals surface area contributed by atoms with E-state index in [0.717, 1.165) is 4.90 Å². The number of rotatable bonds is 6. The van der Waals surface area contributed by atoms with Crippen LogP contribution in [-0.4, -0.2) is 65.9 Å². The Morgan fingerprint density at radius 1 is 1.12 bits per heavy atom. The van der Waals surface area contributed by atoms with Crippen LogP contribution in [0.25, 0.3) is 0 Å². The van der Waals surface area contributed by atoms with Crippen LogP contribution in [0.3, 0.4) is 0 Å². The molecule has 6 rings (SSSR count). The van der Waals surface area contributed by atoms with Crippen molar-refractivity contribution >= 4 is 40.4 Å². The number of carboxylic acids is 1. The number of nitrogens with zero attached hydrogens (tertiary/aromatic N) is 5. The van der Waals surface area contributed by atoms with Crippen LogP contribution in [0.1, 0.15) is 57.7 Å². The fourth-order valence-electron chi connectivity index (χ4n) is 5.37. The predicted molar refractivity (Wildman–Crippen MR) is 145 cm³/mol. The number of hydrogen-bond acceptors (Lipinski definition) is 7. The number of fused-ring (bicyclic) bond motifs is 3. The van der Waals surface area contributed by atoms with Crippen LogP contribution >= 0.6 is 22.6 Å². The molecule has 218 valence electrons. The minimum absolute atomic E-state index is 0.0559. The fraction of sp³-hybridized carbons (Fsp3) is 0.423. The molecule has 3 aromatic rings. The maximum atomic E-state index is 14.2. The number of carboxylic acid groups (broad SMARTS) is 1. The van der Waals surface area contributed by atoms with Crippen LogP contribution < -0.4 is 5.73 Å². The van der Waals surface area contributed by atoms with Crippen molar-refractivity contribution in [1.29, 1.82) is 0 Å². The summed E-state index contributed by atoms with van der Waals surface area (Å²) in [6.45, 7) is 2.24. The smallest absolute Gasteiger partial charge is 0.332 e. The highest BCUT2D eigenvalue weighted by Crippen LogP contribution is 2.36. The second kappa shape index (κ2) is 11.4. The van der Waals surface area contributed by atoms with Gasteiger partial charge in [0.25, 0.3) is 5.91 Å². The molecule has 11 nitrogen and oxygen atoms in total. The van der Waals surface area contributed by atoms with Gasteiger partial charge in [-0.2, -0.15) is 0 Å². The number of carbonyl (C=O) groups is 3. The van der Waals surface area contributed by atoms with Gasteiger partial charge in [0.05, 0.1) is 50.3 Å². The number of hydrogen-bond donors (Lipinski definition) is 2.